The van der Waals surface area contributed by atoms with Crippen molar-refractivity contribution >= 4 is 0 Å². The van der Waals surface area contributed by atoms with E-state index in [-0.39, 0.29) is 0 Å². The Labute approximate surface area is 115 Å². The maximum atomic E-state index is 5.77. The van der Waals surface area contributed by atoms with Gasteiger partial charge < -0.3 is 10.1 Å². The van der Waals surface area contributed by atoms with Crippen LogP contribution in [0.3, 0.4) is 0 Å². The van der Waals surface area contributed by atoms with Crippen molar-refractivity contribution < 1.29 is 4.74 Å². The molecule has 0 aliphatic heterocycles. The van der Waals surface area contributed by atoms with Crippen molar-refractivity contribution in [1.82, 2.24) is 5.32 Å². The first kappa shape index (κ1) is 17.9. The topological polar surface area (TPSA) is 21.3 Å². The lowest BCUT2D eigenvalue weighted by Crippen LogP contribution is -2.33. The summed E-state index contributed by atoms with van der Waals surface area (Å²) in [7, 11) is 0. The first-order valence-electron chi connectivity index (χ1n) is 7.82. The van der Waals surface area contributed by atoms with Crippen molar-refractivity contribution in [2.24, 2.45) is 11.3 Å². The van der Waals surface area contributed by atoms with Gasteiger partial charge in [0.05, 0.1) is 0 Å². The highest BCUT2D eigenvalue weighted by atomic mass is 16.5. The van der Waals surface area contributed by atoms with E-state index in [0.717, 1.165) is 32.2 Å². The zero-order chi connectivity index (χ0) is 13.9. The highest BCUT2D eigenvalue weighted by Crippen LogP contribution is 2.26. The van der Waals surface area contributed by atoms with E-state index in [1.165, 1.54) is 32.1 Å². The SMILES string of the molecule is CCCNCC(C)(CCC)CCOCCC(C)C. The van der Waals surface area contributed by atoms with Crippen LogP contribution in [-0.2, 0) is 4.74 Å². The van der Waals surface area contributed by atoms with Crippen LogP contribution in [0.1, 0.15) is 66.7 Å². The van der Waals surface area contributed by atoms with Crippen molar-refractivity contribution in [3.05, 3.63) is 0 Å². The van der Waals surface area contributed by atoms with Crippen LogP contribution in [0.25, 0.3) is 0 Å². The molecule has 110 valence electrons. The molecule has 0 spiro atoms. The quantitative estimate of drug-likeness (QED) is 0.528. The lowest BCUT2D eigenvalue weighted by Gasteiger charge is -2.29. The fraction of sp³-hybridized carbons (Fsp3) is 1.00. The molecule has 0 bridgehead atoms. The fourth-order valence-electron chi connectivity index (χ4n) is 2.21. The summed E-state index contributed by atoms with van der Waals surface area (Å²) in [5.74, 6) is 0.748. The molecule has 2 nitrogen and oxygen atoms in total. The van der Waals surface area contributed by atoms with Gasteiger partial charge in [-0.05, 0) is 43.6 Å². The maximum absolute atomic E-state index is 5.77. The molecule has 0 aromatic heterocycles. The minimum absolute atomic E-state index is 0.405. The highest BCUT2D eigenvalue weighted by molar-refractivity contribution is 4.76. The van der Waals surface area contributed by atoms with E-state index in [2.05, 4.69) is 39.9 Å². The average molecular weight is 257 g/mol. The Hall–Kier alpha value is -0.0800. The Balaban J connectivity index is 3.79. The Morgan fingerprint density at radius 3 is 2.33 bits per heavy atom. The van der Waals surface area contributed by atoms with Gasteiger partial charge >= 0.3 is 0 Å². The van der Waals surface area contributed by atoms with Gasteiger partial charge in [-0.25, -0.2) is 0 Å². The molecule has 0 aromatic carbocycles. The van der Waals surface area contributed by atoms with Crippen LogP contribution < -0.4 is 5.32 Å². The van der Waals surface area contributed by atoms with Crippen LogP contribution >= 0.6 is 0 Å². The third-order valence-electron chi connectivity index (χ3n) is 3.52. The minimum atomic E-state index is 0.405. The lowest BCUT2D eigenvalue weighted by atomic mass is 9.82. The molecule has 0 fully saturated rings. The van der Waals surface area contributed by atoms with Crippen molar-refractivity contribution in [1.29, 1.82) is 0 Å². The molecule has 0 aliphatic rings. The first-order chi connectivity index (χ1) is 8.54. The molecule has 0 aliphatic carbocycles. The summed E-state index contributed by atoms with van der Waals surface area (Å²) < 4.78 is 5.77. The molecule has 2 heteroatoms. The highest BCUT2D eigenvalue weighted by Gasteiger charge is 2.22. The normalized spacial score (nSPS) is 15.0. The molecule has 0 amide bonds. The molecule has 0 aromatic rings. The molecule has 0 saturated carbocycles. The molecular weight excluding hydrogens is 222 g/mol. The zero-order valence-corrected chi connectivity index (χ0v) is 13.3. The monoisotopic (exact) mass is 257 g/mol. The van der Waals surface area contributed by atoms with E-state index >= 15 is 0 Å². The van der Waals surface area contributed by atoms with E-state index in [0.29, 0.717) is 5.41 Å². The molecule has 0 radical (unpaired) electrons. The van der Waals surface area contributed by atoms with Crippen LogP contribution in [0.5, 0.6) is 0 Å². The van der Waals surface area contributed by atoms with Crippen LogP contribution in [0.15, 0.2) is 0 Å². The second kappa shape index (κ2) is 10.8. The summed E-state index contributed by atoms with van der Waals surface area (Å²) >= 11 is 0. The summed E-state index contributed by atoms with van der Waals surface area (Å²) in [6.07, 6.45) is 6.12. The average Bonchev–Trinajstić information content (AvgIpc) is 2.29. The Morgan fingerprint density at radius 1 is 1.06 bits per heavy atom. The van der Waals surface area contributed by atoms with E-state index in [9.17, 15) is 0 Å². The van der Waals surface area contributed by atoms with Crippen molar-refractivity contribution in [3.8, 4) is 0 Å². The van der Waals surface area contributed by atoms with Gasteiger partial charge in [-0.1, -0.05) is 41.0 Å². The summed E-state index contributed by atoms with van der Waals surface area (Å²) in [5, 5.41) is 3.56. The molecule has 0 saturated heterocycles. The van der Waals surface area contributed by atoms with Gasteiger partial charge in [0.25, 0.3) is 0 Å². The third-order valence-corrected chi connectivity index (χ3v) is 3.52. The first-order valence-corrected chi connectivity index (χ1v) is 7.82. The Morgan fingerprint density at radius 2 is 1.78 bits per heavy atom. The fourth-order valence-corrected chi connectivity index (χ4v) is 2.21. The predicted octanol–water partition coefficient (Wildman–Crippen LogP) is 4.25. The van der Waals surface area contributed by atoms with Crippen molar-refractivity contribution in [2.45, 2.75) is 66.7 Å². The molecule has 18 heavy (non-hydrogen) atoms. The number of rotatable bonds is 12. The molecule has 1 atom stereocenters. The van der Waals surface area contributed by atoms with Crippen LogP contribution in [0.4, 0.5) is 0 Å². The van der Waals surface area contributed by atoms with Gasteiger partial charge in [0.2, 0.25) is 0 Å². The van der Waals surface area contributed by atoms with Gasteiger partial charge in [0.1, 0.15) is 0 Å². The van der Waals surface area contributed by atoms with Crippen molar-refractivity contribution in [2.75, 3.05) is 26.3 Å². The number of ether oxygens (including phenoxy) is 1. The molecule has 0 heterocycles. The second-order valence-electron chi connectivity index (χ2n) is 6.28. The van der Waals surface area contributed by atoms with E-state index in [1.54, 1.807) is 0 Å². The van der Waals surface area contributed by atoms with E-state index in [4.69, 9.17) is 4.74 Å². The van der Waals surface area contributed by atoms with Crippen LogP contribution in [-0.4, -0.2) is 26.3 Å². The Kier molecular flexibility index (Phi) is 10.8. The van der Waals surface area contributed by atoms with E-state index in [1.807, 2.05) is 0 Å². The van der Waals surface area contributed by atoms with Gasteiger partial charge in [0, 0.05) is 19.8 Å². The summed E-state index contributed by atoms with van der Waals surface area (Å²) in [5.41, 5.74) is 0.405. The lowest BCUT2D eigenvalue weighted by molar-refractivity contribution is 0.0875. The van der Waals surface area contributed by atoms with Gasteiger partial charge in [0.15, 0.2) is 0 Å². The van der Waals surface area contributed by atoms with Gasteiger partial charge in [-0.15, -0.1) is 0 Å². The second-order valence-corrected chi connectivity index (χ2v) is 6.28. The molecule has 0 rings (SSSR count). The maximum Gasteiger partial charge on any atom is 0.0471 e. The van der Waals surface area contributed by atoms with Gasteiger partial charge in [-0.3, -0.25) is 0 Å². The summed E-state index contributed by atoms with van der Waals surface area (Å²) in [6.45, 7) is 15.5. The molecule has 1 N–H and O–H groups in total. The minimum Gasteiger partial charge on any atom is -0.381 e. The van der Waals surface area contributed by atoms with E-state index < -0.39 is 0 Å². The van der Waals surface area contributed by atoms with Crippen molar-refractivity contribution in [3.63, 3.8) is 0 Å². The number of hydrogen-bond donors (Lipinski definition) is 1. The summed E-state index contributed by atoms with van der Waals surface area (Å²) in [4.78, 5) is 0. The summed E-state index contributed by atoms with van der Waals surface area (Å²) in [6, 6.07) is 0. The van der Waals surface area contributed by atoms with Gasteiger partial charge in [-0.2, -0.15) is 0 Å². The number of nitrogens with one attached hydrogen (secondary N) is 1. The van der Waals surface area contributed by atoms with Crippen LogP contribution in [0, 0.1) is 11.3 Å². The zero-order valence-electron chi connectivity index (χ0n) is 13.3. The predicted molar refractivity (Wildman–Crippen MR) is 81.1 cm³/mol. The smallest absolute Gasteiger partial charge is 0.0471 e. The third kappa shape index (κ3) is 9.90. The Bertz CT molecular complexity index is 182. The largest absolute Gasteiger partial charge is 0.381 e. The van der Waals surface area contributed by atoms with Crippen LogP contribution in [0.2, 0.25) is 0 Å². The molecule has 1 unspecified atom stereocenters. The standard InChI is InChI=1S/C16H35NO/c1-6-9-16(5,14-17-11-7-2)10-13-18-12-8-15(3)4/h15,17H,6-14H2,1-5H3. The molecular formula is C16H35NO. The number of hydrogen-bond acceptors (Lipinski definition) is 2.